The van der Waals surface area contributed by atoms with E-state index in [-0.39, 0.29) is 5.91 Å². The van der Waals surface area contributed by atoms with Crippen LogP contribution in [0.1, 0.15) is 27.0 Å². The van der Waals surface area contributed by atoms with Gasteiger partial charge in [0.15, 0.2) is 0 Å². The Hall–Kier alpha value is -2.85. The molecule has 138 valence electrons. The molecular formula is C22H22ClN3O. The summed E-state index contributed by atoms with van der Waals surface area (Å²) < 4.78 is 0. The molecule has 0 aliphatic heterocycles. The second-order valence-electron chi connectivity index (χ2n) is 6.38. The fraction of sp³-hybridized carbons (Fsp3) is 0.182. The zero-order valence-corrected chi connectivity index (χ0v) is 16.0. The molecule has 1 aromatic heterocycles. The molecule has 4 nitrogen and oxygen atoms in total. The molecule has 1 heterocycles. The Morgan fingerprint density at radius 1 is 1.07 bits per heavy atom. The molecule has 2 N–H and O–H groups in total. The Bertz CT molecular complexity index is 927. The minimum Gasteiger partial charge on any atom is -0.380 e. The van der Waals surface area contributed by atoms with Crippen molar-refractivity contribution in [2.75, 3.05) is 11.9 Å². The van der Waals surface area contributed by atoms with E-state index < -0.39 is 0 Å². The molecule has 0 aliphatic carbocycles. The largest absolute Gasteiger partial charge is 0.380 e. The van der Waals surface area contributed by atoms with Crippen LogP contribution >= 0.6 is 11.6 Å². The predicted molar refractivity (Wildman–Crippen MR) is 110 cm³/mol. The van der Waals surface area contributed by atoms with Crippen LogP contribution in [0.25, 0.3) is 0 Å². The molecule has 0 saturated carbocycles. The molecule has 27 heavy (non-hydrogen) atoms. The number of anilines is 1. The lowest BCUT2D eigenvalue weighted by molar-refractivity contribution is 0.0954. The maximum Gasteiger partial charge on any atom is 0.252 e. The molecule has 0 fully saturated rings. The van der Waals surface area contributed by atoms with Gasteiger partial charge in [-0.1, -0.05) is 48.0 Å². The van der Waals surface area contributed by atoms with Crippen molar-refractivity contribution in [2.24, 2.45) is 0 Å². The van der Waals surface area contributed by atoms with E-state index in [4.69, 9.17) is 11.6 Å². The summed E-state index contributed by atoms with van der Waals surface area (Å²) in [4.78, 5) is 16.6. The van der Waals surface area contributed by atoms with E-state index in [9.17, 15) is 4.79 Å². The first-order chi connectivity index (χ1) is 13.1. The monoisotopic (exact) mass is 379 g/mol. The second kappa shape index (κ2) is 9.19. The summed E-state index contributed by atoms with van der Waals surface area (Å²) in [6.07, 6.45) is 4.03. The van der Waals surface area contributed by atoms with Crippen molar-refractivity contribution >= 4 is 23.2 Å². The van der Waals surface area contributed by atoms with E-state index in [0.717, 1.165) is 17.7 Å². The molecule has 3 rings (SSSR count). The summed E-state index contributed by atoms with van der Waals surface area (Å²) in [6, 6.07) is 17.7. The number of amides is 1. The Morgan fingerprint density at radius 2 is 1.93 bits per heavy atom. The molecule has 0 radical (unpaired) electrons. The fourth-order valence-electron chi connectivity index (χ4n) is 2.78. The van der Waals surface area contributed by atoms with Crippen molar-refractivity contribution in [3.8, 4) is 0 Å². The van der Waals surface area contributed by atoms with E-state index >= 15 is 0 Å². The molecule has 0 aliphatic rings. The standard InChI is InChI=1S/C22H22ClN3O/c1-16-5-2-3-7-18(16)14-26-21-12-19(13-24-15-21)22(27)25-10-9-17-6-4-8-20(23)11-17/h2-8,11-13,15,26H,9-10,14H2,1H3,(H,25,27). The summed E-state index contributed by atoms with van der Waals surface area (Å²) in [5.74, 6) is -0.135. The van der Waals surface area contributed by atoms with E-state index in [2.05, 4.69) is 34.7 Å². The lowest BCUT2D eigenvalue weighted by Gasteiger charge is -2.10. The summed E-state index contributed by atoms with van der Waals surface area (Å²) in [5.41, 5.74) is 4.90. The number of nitrogens with zero attached hydrogens (tertiary/aromatic N) is 1. The number of carbonyl (C=O) groups is 1. The van der Waals surface area contributed by atoms with Gasteiger partial charge in [-0.3, -0.25) is 9.78 Å². The van der Waals surface area contributed by atoms with Gasteiger partial charge in [-0.15, -0.1) is 0 Å². The van der Waals surface area contributed by atoms with Gasteiger partial charge >= 0.3 is 0 Å². The maximum atomic E-state index is 12.4. The van der Waals surface area contributed by atoms with Gasteiger partial charge in [0, 0.05) is 30.5 Å². The van der Waals surface area contributed by atoms with Crippen LogP contribution in [0.2, 0.25) is 5.02 Å². The predicted octanol–water partition coefficient (Wildman–Crippen LogP) is 4.63. The molecule has 0 saturated heterocycles. The number of carbonyl (C=O) groups excluding carboxylic acids is 1. The molecule has 5 heteroatoms. The third-order valence-electron chi connectivity index (χ3n) is 4.33. The second-order valence-corrected chi connectivity index (χ2v) is 6.81. The van der Waals surface area contributed by atoms with Gasteiger partial charge in [-0.25, -0.2) is 0 Å². The van der Waals surface area contributed by atoms with Gasteiger partial charge < -0.3 is 10.6 Å². The Kier molecular flexibility index (Phi) is 6.44. The third-order valence-corrected chi connectivity index (χ3v) is 4.57. The molecular weight excluding hydrogens is 358 g/mol. The number of aryl methyl sites for hydroxylation is 1. The van der Waals surface area contributed by atoms with E-state index in [0.29, 0.717) is 23.7 Å². The first-order valence-electron chi connectivity index (χ1n) is 8.88. The van der Waals surface area contributed by atoms with Crippen molar-refractivity contribution in [1.82, 2.24) is 10.3 Å². The van der Waals surface area contributed by atoms with Crippen LogP contribution in [0.15, 0.2) is 67.0 Å². The SMILES string of the molecule is Cc1ccccc1CNc1cncc(C(=O)NCCc2cccc(Cl)c2)c1. The number of halogens is 1. The topological polar surface area (TPSA) is 54.0 Å². The lowest BCUT2D eigenvalue weighted by Crippen LogP contribution is -2.25. The number of pyridine rings is 1. The van der Waals surface area contributed by atoms with Crippen LogP contribution in [-0.2, 0) is 13.0 Å². The minimum atomic E-state index is -0.135. The fourth-order valence-corrected chi connectivity index (χ4v) is 2.99. The highest BCUT2D eigenvalue weighted by molar-refractivity contribution is 6.30. The van der Waals surface area contributed by atoms with E-state index in [1.54, 1.807) is 12.4 Å². The quantitative estimate of drug-likeness (QED) is 0.629. The van der Waals surface area contributed by atoms with Crippen LogP contribution in [0.4, 0.5) is 5.69 Å². The number of hydrogen-bond donors (Lipinski definition) is 2. The molecule has 0 atom stereocenters. The van der Waals surface area contributed by atoms with Crippen LogP contribution < -0.4 is 10.6 Å². The Balaban J connectivity index is 1.54. The molecule has 0 spiro atoms. The van der Waals surface area contributed by atoms with E-state index in [1.807, 2.05) is 42.5 Å². The third kappa shape index (κ3) is 5.56. The van der Waals surface area contributed by atoms with Gasteiger partial charge in [0.25, 0.3) is 5.91 Å². The zero-order chi connectivity index (χ0) is 19.1. The lowest BCUT2D eigenvalue weighted by atomic mass is 10.1. The maximum absolute atomic E-state index is 12.4. The van der Waals surface area contributed by atoms with Crippen LogP contribution in [0.5, 0.6) is 0 Å². The average molecular weight is 380 g/mol. The van der Waals surface area contributed by atoms with Gasteiger partial charge in [-0.2, -0.15) is 0 Å². The Morgan fingerprint density at radius 3 is 2.74 bits per heavy atom. The number of aromatic nitrogens is 1. The van der Waals surface area contributed by atoms with Gasteiger partial charge in [-0.05, 0) is 48.2 Å². The first kappa shape index (κ1) is 18.9. The van der Waals surface area contributed by atoms with Crippen molar-refractivity contribution in [2.45, 2.75) is 19.9 Å². The van der Waals surface area contributed by atoms with Crippen molar-refractivity contribution in [3.63, 3.8) is 0 Å². The minimum absolute atomic E-state index is 0.135. The highest BCUT2D eigenvalue weighted by Gasteiger charge is 2.07. The number of hydrogen-bond acceptors (Lipinski definition) is 3. The number of benzene rings is 2. The highest BCUT2D eigenvalue weighted by atomic mass is 35.5. The van der Waals surface area contributed by atoms with Gasteiger partial charge in [0.05, 0.1) is 11.3 Å². The zero-order valence-electron chi connectivity index (χ0n) is 15.2. The van der Waals surface area contributed by atoms with Crippen LogP contribution in [-0.4, -0.2) is 17.4 Å². The summed E-state index contributed by atoms with van der Waals surface area (Å²) in [5, 5.41) is 6.96. The first-order valence-corrected chi connectivity index (χ1v) is 9.26. The van der Waals surface area contributed by atoms with Gasteiger partial charge in [0.1, 0.15) is 0 Å². The summed E-state index contributed by atoms with van der Waals surface area (Å²) in [7, 11) is 0. The highest BCUT2D eigenvalue weighted by Crippen LogP contribution is 2.13. The van der Waals surface area contributed by atoms with Crippen LogP contribution in [0, 0.1) is 6.92 Å². The molecule has 3 aromatic rings. The smallest absolute Gasteiger partial charge is 0.252 e. The van der Waals surface area contributed by atoms with Crippen molar-refractivity contribution in [1.29, 1.82) is 0 Å². The summed E-state index contributed by atoms with van der Waals surface area (Å²) >= 11 is 5.98. The Labute approximate surface area is 164 Å². The normalized spacial score (nSPS) is 10.4. The number of nitrogens with one attached hydrogen (secondary N) is 2. The van der Waals surface area contributed by atoms with Crippen molar-refractivity contribution < 1.29 is 4.79 Å². The number of rotatable bonds is 7. The average Bonchev–Trinajstić information content (AvgIpc) is 2.67. The summed E-state index contributed by atoms with van der Waals surface area (Å²) in [6.45, 7) is 3.31. The molecule has 2 aromatic carbocycles. The molecule has 0 unspecified atom stereocenters. The van der Waals surface area contributed by atoms with Crippen LogP contribution in [0.3, 0.4) is 0 Å². The van der Waals surface area contributed by atoms with E-state index in [1.165, 1.54) is 11.1 Å². The molecule has 1 amide bonds. The van der Waals surface area contributed by atoms with Gasteiger partial charge in [0.2, 0.25) is 0 Å². The van der Waals surface area contributed by atoms with Crippen molar-refractivity contribution in [3.05, 3.63) is 94.3 Å². The molecule has 0 bridgehead atoms.